The van der Waals surface area contributed by atoms with Crippen molar-refractivity contribution in [3.05, 3.63) is 39.1 Å². The molecule has 10 nitrogen and oxygen atoms in total. The Labute approximate surface area is 161 Å². The van der Waals surface area contributed by atoms with Crippen molar-refractivity contribution in [1.29, 1.82) is 0 Å². The maximum atomic E-state index is 12.6. The molecule has 0 radical (unpaired) electrons. The Hall–Kier alpha value is -3.30. The van der Waals surface area contributed by atoms with Crippen molar-refractivity contribution in [2.24, 2.45) is 0 Å². The number of urea groups is 1. The highest BCUT2D eigenvalue weighted by Crippen LogP contribution is 2.40. The SMILES string of the molecule is CCCCC1=C(C(=O)OCC)C(c2cc(O)c(OC)cc2[N+](=O)[O-])NC(=O)N1. The molecule has 0 bridgehead atoms. The first-order chi connectivity index (χ1) is 13.3. The Balaban J connectivity index is 2.68. The summed E-state index contributed by atoms with van der Waals surface area (Å²) in [4.78, 5) is 35.7. The van der Waals surface area contributed by atoms with Crippen LogP contribution in [0.1, 0.15) is 44.7 Å². The number of hydrogen-bond acceptors (Lipinski definition) is 7. The largest absolute Gasteiger partial charge is 0.504 e. The maximum Gasteiger partial charge on any atom is 0.338 e. The molecule has 1 aromatic carbocycles. The normalized spacial score (nSPS) is 16.2. The molecule has 28 heavy (non-hydrogen) atoms. The number of ether oxygens (including phenoxy) is 2. The predicted molar refractivity (Wildman–Crippen MR) is 98.9 cm³/mol. The molecule has 1 aliphatic rings. The number of nitro groups is 1. The van der Waals surface area contributed by atoms with Gasteiger partial charge in [-0.1, -0.05) is 13.3 Å². The van der Waals surface area contributed by atoms with Gasteiger partial charge in [0.25, 0.3) is 5.69 Å². The van der Waals surface area contributed by atoms with Crippen LogP contribution in [-0.4, -0.2) is 35.7 Å². The molecule has 0 spiro atoms. The van der Waals surface area contributed by atoms with Crippen molar-refractivity contribution < 1.29 is 29.1 Å². The van der Waals surface area contributed by atoms with E-state index in [9.17, 15) is 24.8 Å². The molecule has 1 unspecified atom stereocenters. The van der Waals surface area contributed by atoms with E-state index in [0.717, 1.165) is 18.6 Å². The van der Waals surface area contributed by atoms with Crippen LogP contribution < -0.4 is 15.4 Å². The summed E-state index contributed by atoms with van der Waals surface area (Å²) in [6, 6.07) is 0.405. The number of nitrogens with one attached hydrogen (secondary N) is 2. The third kappa shape index (κ3) is 4.33. The molecule has 1 atom stereocenters. The molecule has 0 saturated carbocycles. The molecular formula is C18H23N3O7. The second kappa shape index (κ2) is 9.07. The lowest BCUT2D eigenvalue weighted by Crippen LogP contribution is -2.46. The topological polar surface area (TPSA) is 140 Å². The molecule has 2 amide bonds. The Morgan fingerprint density at radius 1 is 1.36 bits per heavy atom. The quantitative estimate of drug-likeness (QED) is 0.350. The molecule has 0 aromatic heterocycles. The van der Waals surface area contributed by atoms with Gasteiger partial charge in [0.15, 0.2) is 11.5 Å². The first-order valence-corrected chi connectivity index (χ1v) is 8.86. The highest BCUT2D eigenvalue weighted by atomic mass is 16.6. The van der Waals surface area contributed by atoms with Crippen molar-refractivity contribution in [3.63, 3.8) is 0 Å². The first-order valence-electron chi connectivity index (χ1n) is 8.86. The third-order valence-corrected chi connectivity index (χ3v) is 4.27. The van der Waals surface area contributed by atoms with Crippen LogP contribution in [0.3, 0.4) is 0 Å². The smallest absolute Gasteiger partial charge is 0.338 e. The number of carbonyl (C=O) groups is 2. The Morgan fingerprint density at radius 2 is 2.07 bits per heavy atom. The van der Waals surface area contributed by atoms with E-state index in [1.165, 1.54) is 7.11 Å². The molecular weight excluding hydrogens is 370 g/mol. The number of amides is 2. The van der Waals surface area contributed by atoms with E-state index in [4.69, 9.17) is 9.47 Å². The number of phenolic OH excluding ortho intramolecular Hbond substituents is 1. The lowest BCUT2D eigenvalue weighted by molar-refractivity contribution is -0.385. The van der Waals surface area contributed by atoms with Gasteiger partial charge in [0.1, 0.15) is 0 Å². The van der Waals surface area contributed by atoms with Crippen LogP contribution in [-0.2, 0) is 9.53 Å². The number of carbonyl (C=O) groups excluding carboxylic acids is 2. The van der Waals surface area contributed by atoms with Gasteiger partial charge < -0.3 is 25.2 Å². The summed E-state index contributed by atoms with van der Waals surface area (Å²) in [6.07, 6.45) is 1.91. The summed E-state index contributed by atoms with van der Waals surface area (Å²) in [7, 11) is 1.26. The van der Waals surface area contributed by atoms with Gasteiger partial charge >= 0.3 is 12.0 Å². The van der Waals surface area contributed by atoms with E-state index < -0.39 is 28.7 Å². The zero-order valence-electron chi connectivity index (χ0n) is 15.9. The van der Waals surface area contributed by atoms with Crippen molar-refractivity contribution >= 4 is 17.7 Å². The summed E-state index contributed by atoms with van der Waals surface area (Å²) in [5, 5.41) is 26.8. The summed E-state index contributed by atoms with van der Waals surface area (Å²) < 4.78 is 10.0. The number of methoxy groups -OCH3 is 1. The Kier molecular flexibility index (Phi) is 6.80. The minimum absolute atomic E-state index is 0.0461. The number of nitrogens with zero attached hydrogens (tertiary/aromatic N) is 1. The van der Waals surface area contributed by atoms with E-state index in [1.54, 1.807) is 6.92 Å². The van der Waals surface area contributed by atoms with Crippen LogP contribution in [0.15, 0.2) is 23.4 Å². The fourth-order valence-corrected chi connectivity index (χ4v) is 2.98. The summed E-state index contributed by atoms with van der Waals surface area (Å²) in [5.74, 6) is -1.14. The minimum atomic E-state index is -1.16. The lowest BCUT2D eigenvalue weighted by Gasteiger charge is -2.29. The highest BCUT2D eigenvalue weighted by molar-refractivity contribution is 5.95. The molecule has 0 saturated heterocycles. The van der Waals surface area contributed by atoms with E-state index in [-0.39, 0.29) is 29.2 Å². The van der Waals surface area contributed by atoms with Gasteiger partial charge in [0.2, 0.25) is 0 Å². The van der Waals surface area contributed by atoms with Crippen LogP contribution in [0.4, 0.5) is 10.5 Å². The molecule has 1 aromatic rings. The maximum absolute atomic E-state index is 12.6. The van der Waals surface area contributed by atoms with E-state index in [0.29, 0.717) is 18.5 Å². The molecule has 0 fully saturated rings. The average molecular weight is 393 g/mol. The first kappa shape index (κ1) is 21.0. The molecule has 1 aliphatic heterocycles. The number of allylic oxidation sites excluding steroid dienone is 1. The van der Waals surface area contributed by atoms with Crippen LogP contribution in [0.5, 0.6) is 11.5 Å². The molecule has 152 valence electrons. The zero-order valence-corrected chi connectivity index (χ0v) is 15.9. The zero-order chi connectivity index (χ0) is 20.8. The number of phenols is 1. The number of aromatic hydroxyl groups is 1. The van der Waals surface area contributed by atoms with Gasteiger partial charge in [0, 0.05) is 5.70 Å². The minimum Gasteiger partial charge on any atom is -0.504 e. The van der Waals surface area contributed by atoms with Gasteiger partial charge in [-0.05, 0) is 25.8 Å². The van der Waals surface area contributed by atoms with E-state index in [2.05, 4.69) is 10.6 Å². The monoisotopic (exact) mass is 393 g/mol. The predicted octanol–water partition coefficient (Wildman–Crippen LogP) is 2.67. The number of hydrogen-bond donors (Lipinski definition) is 3. The van der Waals surface area contributed by atoms with Crippen LogP contribution in [0.25, 0.3) is 0 Å². The summed E-state index contributed by atoms with van der Waals surface area (Å²) >= 11 is 0. The fraction of sp³-hybridized carbons (Fsp3) is 0.444. The third-order valence-electron chi connectivity index (χ3n) is 4.27. The standard InChI is InChI=1S/C18H23N3O7/c1-4-6-7-11-15(17(23)28-5-2)16(20-18(24)19-11)10-8-13(22)14(27-3)9-12(10)21(25)26/h8-9,16,22H,4-7H2,1-3H3,(H2,19,20,24). The molecule has 10 heteroatoms. The lowest BCUT2D eigenvalue weighted by atomic mass is 9.92. The van der Waals surface area contributed by atoms with Crippen LogP contribution >= 0.6 is 0 Å². The van der Waals surface area contributed by atoms with E-state index in [1.807, 2.05) is 6.92 Å². The molecule has 2 rings (SSSR count). The van der Waals surface area contributed by atoms with Gasteiger partial charge in [-0.2, -0.15) is 0 Å². The number of nitro benzene ring substituents is 1. The van der Waals surface area contributed by atoms with Crippen molar-refractivity contribution in [2.75, 3.05) is 13.7 Å². The van der Waals surface area contributed by atoms with Crippen LogP contribution in [0.2, 0.25) is 0 Å². The average Bonchev–Trinajstić information content (AvgIpc) is 2.65. The molecule has 1 heterocycles. The Morgan fingerprint density at radius 3 is 2.64 bits per heavy atom. The second-order valence-electron chi connectivity index (χ2n) is 6.09. The van der Waals surface area contributed by atoms with Crippen molar-refractivity contribution in [2.45, 2.75) is 39.2 Å². The second-order valence-corrected chi connectivity index (χ2v) is 6.09. The highest BCUT2D eigenvalue weighted by Gasteiger charge is 2.37. The number of unbranched alkanes of at least 4 members (excludes halogenated alkanes) is 1. The number of esters is 1. The number of rotatable bonds is 8. The summed E-state index contributed by atoms with van der Waals surface area (Å²) in [5.41, 5.74) is -0.0325. The van der Waals surface area contributed by atoms with E-state index >= 15 is 0 Å². The van der Waals surface area contributed by atoms with Gasteiger partial charge in [-0.3, -0.25) is 10.1 Å². The van der Waals surface area contributed by atoms with Crippen molar-refractivity contribution in [3.8, 4) is 11.5 Å². The molecule has 0 aliphatic carbocycles. The van der Waals surface area contributed by atoms with Crippen molar-refractivity contribution in [1.82, 2.24) is 10.6 Å². The Bertz CT molecular complexity index is 820. The molecule has 3 N–H and O–H groups in total. The van der Waals surface area contributed by atoms with Crippen LogP contribution in [0, 0.1) is 10.1 Å². The van der Waals surface area contributed by atoms with Gasteiger partial charge in [0.05, 0.1) is 41.9 Å². The fourth-order valence-electron chi connectivity index (χ4n) is 2.98. The summed E-state index contributed by atoms with van der Waals surface area (Å²) in [6.45, 7) is 3.69. The number of benzene rings is 1. The van der Waals surface area contributed by atoms with Gasteiger partial charge in [-0.25, -0.2) is 9.59 Å². The van der Waals surface area contributed by atoms with Gasteiger partial charge in [-0.15, -0.1) is 0 Å².